The third kappa shape index (κ3) is 7.22. The summed E-state index contributed by atoms with van der Waals surface area (Å²) in [5.41, 5.74) is 0.367. The van der Waals surface area contributed by atoms with E-state index in [1.165, 1.54) is 6.08 Å². The zero-order chi connectivity index (χ0) is 18.7. The van der Waals surface area contributed by atoms with Crippen molar-refractivity contribution < 1.29 is 27.9 Å². The van der Waals surface area contributed by atoms with E-state index in [0.717, 1.165) is 0 Å². The van der Waals surface area contributed by atoms with Crippen LogP contribution in [0.5, 0.6) is 0 Å². The maximum atomic E-state index is 12.7. The minimum absolute atomic E-state index is 0.0237. The van der Waals surface area contributed by atoms with Gasteiger partial charge in [-0.3, -0.25) is 9.36 Å². The van der Waals surface area contributed by atoms with E-state index in [2.05, 4.69) is 11.9 Å². The molecule has 25 heavy (non-hydrogen) atoms. The molecule has 1 rings (SSSR count). The monoisotopic (exact) mass is 369 g/mol. The summed E-state index contributed by atoms with van der Waals surface area (Å²) in [6.45, 7) is 7.08. The summed E-state index contributed by atoms with van der Waals surface area (Å²) in [4.78, 5) is 24.6. The standard InChI is InChI=1S/C17H24NO6P/c1-4-12-22-17(20)15(13-25(21,23-5-2)24-6-3)18-16(19)14-10-8-7-9-11-14/h4,7-11,15H,1,5-6,12-13H2,2-3H3,(H,18,19). The number of benzene rings is 1. The minimum Gasteiger partial charge on any atom is -0.460 e. The highest BCUT2D eigenvalue weighted by Gasteiger charge is 2.34. The Morgan fingerprint density at radius 2 is 1.80 bits per heavy atom. The van der Waals surface area contributed by atoms with E-state index < -0.39 is 25.5 Å². The van der Waals surface area contributed by atoms with Gasteiger partial charge in [-0.2, -0.15) is 0 Å². The lowest BCUT2D eigenvalue weighted by molar-refractivity contribution is -0.144. The normalized spacial score (nSPS) is 12.2. The van der Waals surface area contributed by atoms with E-state index in [0.29, 0.717) is 5.56 Å². The third-order valence-electron chi connectivity index (χ3n) is 3.03. The average molecular weight is 369 g/mol. The van der Waals surface area contributed by atoms with Crippen molar-refractivity contribution in [2.24, 2.45) is 0 Å². The zero-order valence-electron chi connectivity index (χ0n) is 14.5. The molecule has 1 N–H and O–H groups in total. The molecule has 0 saturated carbocycles. The molecule has 1 unspecified atom stereocenters. The highest BCUT2D eigenvalue weighted by atomic mass is 31.2. The Hall–Kier alpha value is -1.95. The first-order valence-electron chi connectivity index (χ1n) is 7.97. The lowest BCUT2D eigenvalue weighted by Gasteiger charge is -2.23. The molecule has 1 amide bonds. The van der Waals surface area contributed by atoms with Gasteiger partial charge in [0.2, 0.25) is 0 Å². The summed E-state index contributed by atoms with van der Waals surface area (Å²) in [7, 11) is -3.55. The van der Waals surface area contributed by atoms with Crippen LogP contribution in [0.3, 0.4) is 0 Å². The molecule has 1 aromatic carbocycles. The van der Waals surface area contributed by atoms with Gasteiger partial charge in [-0.05, 0) is 26.0 Å². The Morgan fingerprint density at radius 3 is 2.32 bits per heavy atom. The zero-order valence-corrected chi connectivity index (χ0v) is 15.4. The lowest BCUT2D eigenvalue weighted by Crippen LogP contribution is -2.44. The van der Waals surface area contributed by atoms with Gasteiger partial charge >= 0.3 is 13.6 Å². The number of esters is 1. The molecule has 0 fully saturated rings. The fraction of sp³-hybridized carbons (Fsp3) is 0.412. The number of hydrogen-bond acceptors (Lipinski definition) is 6. The summed E-state index contributed by atoms with van der Waals surface area (Å²) in [5, 5.41) is 2.53. The Balaban J connectivity index is 2.95. The molecular weight excluding hydrogens is 345 g/mol. The maximum absolute atomic E-state index is 12.7. The number of carbonyl (C=O) groups is 2. The van der Waals surface area contributed by atoms with Crippen LogP contribution in [0.4, 0.5) is 0 Å². The van der Waals surface area contributed by atoms with Gasteiger partial charge < -0.3 is 19.1 Å². The lowest BCUT2D eigenvalue weighted by atomic mass is 10.2. The van der Waals surface area contributed by atoms with Gasteiger partial charge in [0.15, 0.2) is 0 Å². The molecule has 1 atom stereocenters. The van der Waals surface area contributed by atoms with Gasteiger partial charge in [-0.1, -0.05) is 30.9 Å². The molecule has 0 radical (unpaired) electrons. The molecule has 0 bridgehead atoms. The largest absolute Gasteiger partial charge is 0.460 e. The Kier molecular flexibility index (Phi) is 9.13. The number of rotatable bonds is 11. The van der Waals surface area contributed by atoms with Crippen LogP contribution in [0.25, 0.3) is 0 Å². The van der Waals surface area contributed by atoms with Gasteiger partial charge in [0, 0.05) is 5.56 Å². The van der Waals surface area contributed by atoms with Crippen LogP contribution >= 0.6 is 7.60 Å². The predicted molar refractivity (Wildman–Crippen MR) is 94.6 cm³/mol. The number of nitrogens with one attached hydrogen (secondary N) is 1. The third-order valence-corrected chi connectivity index (χ3v) is 5.14. The van der Waals surface area contributed by atoms with E-state index in [1.807, 2.05) is 0 Å². The van der Waals surface area contributed by atoms with Crippen molar-refractivity contribution >= 4 is 19.5 Å². The van der Waals surface area contributed by atoms with Crippen molar-refractivity contribution in [2.45, 2.75) is 19.9 Å². The van der Waals surface area contributed by atoms with Gasteiger partial charge in [0.25, 0.3) is 5.91 Å². The average Bonchev–Trinajstić information content (AvgIpc) is 2.60. The van der Waals surface area contributed by atoms with E-state index in [4.69, 9.17) is 13.8 Å². The molecule has 0 heterocycles. The Labute approximate surface area is 147 Å². The quantitative estimate of drug-likeness (QED) is 0.366. The van der Waals surface area contributed by atoms with E-state index in [9.17, 15) is 14.2 Å². The first kappa shape index (κ1) is 21.1. The molecule has 1 aromatic rings. The first-order valence-corrected chi connectivity index (χ1v) is 9.70. The van der Waals surface area contributed by atoms with Crippen molar-refractivity contribution in [2.75, 3.05) is 26.0 Å². The maximum Gasteiger partial charge on any atom is 0.333 e. The Bertz CT molecular complexity index is 609. The molecular formula is C17H24NO6P. The molecule has 7 nitrogen and oxygen atoms in total. The van der Waals surface area contributed by atoms with Crippen LogP contribution in [0.1, 0.15) is 24.2 Å². The highest BCUT2D eigenvalue weighted by Crippen LogP contribution is 2.48. The van der Waals surface area contributed by atoms with Crippen LogP contribution < -0.4 is 5.32 Å². The van der Waals surface area contributed by atoms with Crippen LogP contribution in [0.15, 0.2) is 43.0 Å². The van der Waals surface area contributed by atoms with Crippen LogP contribution in [-0.2, 0) is 23.1 Å². The smallest absolute Gasteiger partial charge is 0.333 e. The van der Waals surface area contributed by atoms with Crippen LogP contribution in [0, 0.1) is 0 Å². The van der Waals surface area contributed by atoms with Crippen LogP contribution in [-0.4, -0.2) is 43.9 Å². The van der Waals surface area contributed by atoms with Crippen molar-refractivity contribution in [3.63, 3.8) is 0 Å². The predicted octanol–water partition coefficient (Wildman–Crippen LogP) is 2.78. The Morgan fingerprint density at radius 1 is 1.20 bits per heavy atom. The molecule has 0 spiro atoms. The molecule has 0 aliphatic heterocycles. The van der Waals surface area contributed by atoms with E-state index >= 15 is 0 Å². The minimum atomic E-state index is -3.55. The fourth-order valence-corrected chi connectivity index (χ4v) is 3.77. The fourth-order valence-electron chi connectivity index (χ4n) is 2.01. The van der Waals surface area contributed by atoms with E-state index in [-0.39, 0.29) is 26.0 Å². The molecule has 138 valence electrons. The summed E-state index contributed by atoms with van der Waals surface area (Å²) < 4.78 is 28.1. The molecule has 0 aliphatic carbocycles. The van der Waals surface area contributed by atoms with Crippen molar-refractivity contribution in [1.82, 2.24) is 5.32 Å². The molecule has 8 heteroatoms. The van der Waals surface area contributed by atoms with Crippen molar-refractivity contribution in [3.05, 3.63) is 48.6 Å². The van der Waals surface area contributed by atoms with Crippen molar-refractivity contribution in [3.8, 4) is 0 Å². The molecule has 0 aliphatic rings. The van der Waals surface area contributed by atoms with Crippen molar-refractivity contribution in [1.29, 1.82) is 0 Å². The number of carbonyl (C=O) groups excluding carboxylic acids is 2. The summed E-state index contributed by atoms with van der Waals surface area (Å²) in [6, 6.07) is 7.20. The summed E-state index contributed by atoms with van der Waals surface area (Å²) in [5.74, 6) is -1.22. The summed E-state index contributed by atoms with van der Waals surface area (Å²) >= 11 is 0. The first-order chi connectivity index (χ1) is 12.0. The SMILES string of the molecule is C=CCOC(=O)C(CP(=O)(OCC)OCC)NC(=O)c1ccccc1. The van der Waals surface area contributed by atoms with E-state index in [1.54, 1.807) is 44.2 Å². The van der Waals surface area contributed by atoms with Gasteiger partial charge in [0.1, 0.15) is 12.6 Å². The second-order valence-electron chi connectivity index (χ2n) is 4.94. The van der Waals surface area contributed by atoms with Gasteiger partial charge in [-0.25, -0.2) is 4.79 Å². The number of hydrogen-bond donors (Lipinski definition) is 1. The van der Waals surface area contributed by atoms with Gasteiger partial charge in [0.05, 0.1) is 19.4 Å². The summed E-state index contributed by atoms with van der Waals surface area (Å²) in [6.07, 6.45) is 1.09. The second kappa shape index (κ2) is 10.8. The van der Waals surface area contributed by atoms with Gasteiger partial charge in [-0.15, -0.1) is 0 Å². The molecule has 0 saturated heterocycles. The molecule has 0 aromatic heterocycles. The topological polar surface area (TPSA) is 90.9 Å². The van der Waals surface area contributed by atoms with Crippen LogP contribution in [0.2, 0.25) is 0 Å². The number of amides is 1. The highest BCUT2D eigenvalue weighted by molar-refractivity contribution is 7.54. The number of ether oxygens (including phenoxy) is 1. The second-order valence-corrected chi connectivity index (χ2v) is 7.04.